The molecule has 0 aromatic heterocycles. The van der Waals surface area contributed by atoms with Gasteiger partial charge in [-0.25, -0.2) is 0 Å². The first-order valence-electron chi connectivity index (χ1n) is 18.0. The molecule has 3 nitrogen and oxygen atoms in total. The highest BCUT2D eigenvalue weighted by molar-refractivity contribution is 5.81. The molecule has 0 fully saturated rings. The first-order valence-corrected chi connectivity index (χ1v) is 18.0. The van der Waals surface area contributed by atoms with Crippen LogP contribution in [0.2, 0.25) is 0 Å². The minimum Gasteiger partial charge on any atom is -0.348 e. The molecule has 0 aromatic carbocycles. The van der Waals surface area contributed by atoms with Crippen LogP contribution in [0.1, 0.15) is 187 Å². The van der Waals surface area contributed by atoms with Gasteiger partial charge in [-0.2, -0.15) is 13.2 Å². The van der Waals surface area contributed by atoms with Crippen LogP contribution in [0.25, 0.3) is 0 Å². The zero-order valence-corrected chi connectivity index (χ0v) is 27.4. The van der Waals surface area contributed by atoms with E-state index in [1.807, 2.05) is 5.32 Å². The molecule has 0 bridgehead atoms. The summed E-state index contributed by atoms with van der Waals surface area (Å²) in [6, 6.07) is 0. The lowest BCUT2D eigenvalue weighted by Crippen LogP contribution is -2.37. The smallest absolute Gasteiger partial charge is 0.348 e. The number of amides is 1. The molecule has 0 spiro atoms. The van der Waals surface area contributed by atoms with Crippen LogP contribution < -0.4 is 5.32 Å². The van der Waals surface area contributed by atoms with Crippen LogP contribution >= 0.6 is 0 Å². The molecular weight excluding hydrogens is 521 g/mol. The molecule has 0 radical (unpaired) electrons. The fourth-order valence-corrected chi connectivity index (χ4v) is 5.63. The average molecular weight is 591 g/mol. The van der Waals surface area contributed by atoms with Crippen molar-refractivity contribution in [1.29, 1.82) is 0 Å². The molecule has 0 aliphatic carbocycles. The van der Waals surface area contributed by atoms with E-state index in [2.05, 4.69) is 18.7 Å². The van der Waals surface area contributed by atoms with Gasteiger partial charge < -0.3 is 10.2 Å². The van der Waals surface area contributed by atoms with Gasteiger partial charge in [0, 0.05) is 6.54 Å². The normalized spacial score (nSPS) is 12.0. The van der Waals surface area contributed by atoms with Crippen LogP contribution in [0.3, 0.4) is 0 Å². The number of nitrogens with one attached hydrogen (secondary N) is 1. The SMILES string of the molecule is CCCCCCCCCCCCCCCCN(CCCCCCC)CCCCCCCCCCNC(=O)C(F)(F)F. The molecule has 0 saturated heterocycles. The second kappa shape index (κ2) is 30.7. The van der Waals surface area contributed by atoms with E-state index in [4.69, 9.17) is 0 Å². The summed E-state index contributed by atoms with van der Waals surface area (Å²) in [5, 5.41) is 1.95. The fourth-order valence-electron chi connectivity index (χ4n) is 5.63. The third kappa shape index (κ3) is 30.5. The van der Waals surface area contributed by atoms with Crippen molar-refractivity contribution in [2.75, 3.05) is 26.2 Å². The lowest BCUT2D eigenvalue weighted by atomic mass is 10.0. The molecule has 41 heavy (non-hydrogen) atoms. The quantitative estimate of drug-likeness (QED) is 0.0790. The summed E-state index contributed by atoms with van der Waals surface area (Å²) >= 11 is 0. The van der Waals surface area contributed by atoms with E-state index in [9.17, 15) is 18.0 Å². The predicted octanol–water partition coefficient (Wildman–Crippen LogP) is 11.5. The van der Waals surface area contributed by atoms with Gasteiger partial charge in [-0.15, -0.1) is 0 Å². The molecule has 0 rings (SSSR count). The molecule has 0 atom stereocenters. The Kier molecular flexibility index (Phi) is 30.1. The largest absolute Gasteiger partial charge is 0.471 e. The minimum atomic E-state index is -4.77. The third-order valence-corrected chi connectivity index (χ3v) is 8.35. The molecule has 0 unspecified atom stereocenters. The van der Waals surface area contributed by atoms with Crippen LogP contribution in [0.5, 0.6) is 0 Å². The maximum absolute atomic E-state index is 12.2. The Hall–Kier alpha value is -0.780. The second-order valence-corrected chi connectivity index (χ2v) is 12.4. The van der Waals surface area contributed by atoms with Gasteiger partial charge in [-0.1, -0.05) is 162 Å². The van der Waals surface area contributed by atoms with E-state index in [1.165, 1.54) is 167 Å². The van der Waals surface area contributed by atoms with Crippen LogP contribution in [0.15, 0.2) is 0 Å². The lowest BCUT2D eigenvalue weighted by molar-refractivity contribution is -0.173. The average Bonchev–Trinajstić information content (AvgIpc) is 2.94. The Morgan fingerprint density at radius 1 is 0.463 bits per heavy atom. The number of rotatable bonds is 32. The number of hydrogen-bond acceptors (Lipinski definition) is 2. The standard InChI is InChI=1S/C35H69F3N2O/c1-3-5-7-9-10-11-12-13-14-15-17-20-24-28-32-40(31-27-23-8-6-4-2)33-29-25-21-18-16-19-22-26-30-39-34(41)35(36,37)38/h3-33H2,1-2H3,(H,39,41). The molecule has 0 heterocycles. The summed E-state index contributed by atoms with van der Waals surface area (Å²) in [7, 11) is 0. The summed E-state index contributed by atoms with van der Waals surface area (Å²) < 4.78 is 36.5. The van der Waals surface area contributed by atoms with Crippen molar-refractivity contribution in [3.63, 3.8) is 0 Å². The fraction of sp³-hybridized carbons (Fsp3) is 0.971. The van der Waals surface area contributed by atoms with E-state index in [0.29, 0.717) is 6.42 Å². The molecule has 0 aliphatic heterocycles. The molecule has 1 amide bonds. The minimum absolute atomic E-state index is 0.117. The van der Waals surface area contributed by atoms with Gasteiger partial charge in [-0.05, 0) is 45.3 Å². The molecule has 0 aliphatic rings. The first kappa shape index (κ1) is 40.2. The maximum atomic E-state index is 12.2. The third-order valence-electron chi connectivity index (χ3n) is 8.35. The molecule has 6 heteroatoms. The van der Waals surface area contributed by atoms with Crippen molar-refractivity contribution in [2.24, 2.45) is 0 Å². The zero-order valence-electron chi connectivity index (χ0n) is 27.4. The number of halogens is 3. The number of unbranched alkanes of at least 4 members (excludes halogenated alkanes) is 24. The summed E-state index contributed by atoms with van der Waals surface area (Å²) in [4.78, 5) is 13.5. The van der Waals surface area contributed by atoms with Gasteiger partial charge in [0.05, 0.1) is 0 Å². The number of hydrogen-bond donors (Lipinski definition) is 1. The monoisotopic (exact) mass is 591 g/mol. The summed E-state index contributed by atoms with van der Waals surface area (Å²) in [5.74, 6) is -1.82. The number of nitrogens with zero attached hydrogens (tertiary/aromatic N) is 1. The molecule has 1 N–H and O–H groups in total. The summed E-state index contributed by atoms with van der Waals surface area (Å²) in [6.45, 7) is 8.43. The molecule has 0 aromatic rings. The van der Waals surface area contributed by atoms with Crippen molar-refractivity contribution in [1.82, 2.24) is 10.2 Å². The van der Waals surface area contributed by atoms with Gasteiger partial charge in [0.15, 0.2) is 0 Å². The Labute approximate surface area is 253 Å². The van der Waals surface area contributed by atoms with Gasteiger partial charge >= 0.3 is 12.1 Å². The first-order chi connectivity index (χ1) is 19.9. The number of alkyl halides is 3. The summed E-state index contributed by atoms with van der Waals surface area (Å²) in [5.41, 5.74) is 0. The molecular formula is C35H69F3N2O. The van der Waals surface area contributed by atoms with Crippen molar-refractivity contribution >= 4 is 5.91 Å². The molecule has 0 saturated carbocycles. The van der Waals surface area contributed by atoms with Crippen molar-refractivity contribution in [2.45, 2.75) is 193 Å². The lowest BCUT2D eigenvalue weighted by Gasteiger charge is -2.22. The number of carbonyl (C=O) groups is 1. The highest BCUT2D eigenvalue weighted by atomic mass is 19.4. The Morgan fingerprint density at radius 2 is 0.732 bits per heavy atom. The maximum Gasteiger partial charge on any atom is 0.471 e. The van der Waals surface area contributed by atoms with Crippen LogP contribution in [0.4, 0.5) is 13.2 Å². The second-order valence-electron chi connectivity index (χ2n) is 12.4. The highest BCUT2D eigenvalue weighted by Gasteiger charge is 2.38. The Bertz CT molecular complexity index is 542. The van der Waals surface area contributed by atoms with Gasteiger partial charge in [-0.3, -0.25) is 4.79 Å². The Balaban J connectivity index is 3.77. The van der Waals surface area contributed by atoms with Crippen molar-refractivity contribution < 1.29 is 18.0 Å². The zero-order chi connectivity index (χ0) is 30.3. The summed E-state index contributed by atoms with van der Waals surface area (Å²) in [6.07, 6.45) is 30.4. The van der Waals surface area contributed by atoms with Crippen LogP contribution in [-0.4, -0.2) is 43.2 Å². The van der Waals surface area contributed by atoms with E-state index >= 15 is 0 Å². The van der Waals surface area contributed by atoms with Gasteiger partial charge in [0.25, 0.3) is 0 Å². The van der Waals surface area contributed by atoms with E-state index in [-0.39, 0.29) is 6.54 Å². The van der Waals surface area contributed by atoms with Crippen LogP contribution in [-0.2, 0) is 4.79 Å². The van der Waals surface area contributed by atoms with Gasteiger partial charge in [0.1, 0.15) is 0 Å². The topological polar surface area (TPSA) is 32.3 Å². The van der Waals surface area contributed by atoms with Gasteiger partial charge in [0.2, 0.25) is 0 Å². The van der Waals surface area contributed by atoms with Crippen molar-refractivity contribution in [3.8, 4) is 0 Å². The van der Waals surface area contributed by atoms with E-state index in [0.717, 1.165) is 19.3 Å². The van der Waals surface area contributed by atoms with E-state index < -0.39 is 12.1 Å². The van der Waals surface area contributed by atoms with E-state index in [1.54, 1.807) is 0 Å². The number of carbonyl (C=O) groups excluding carboxylic acids is 1. The Morgan fingerprint density at radius 3 is 1.02 bits per heavy atom. The van der Waals surface area contributed by atoms with Crippen LogP contribution in [0, 0.1) is 0 Å². The van der Waals surface area contributed by atoms with Crippen molar-refractivity contribution in [3.05, 3.63) is 0 Å². The molecule has 246 valence electrons. The highest BCUT2D eigenvalue weighted by Crippen LogP contribution is 2.16. The predicted molar refractivity (Wildman–Crippen MR) is 172 cm³/mol.